The standard InChI is InChI=1S/C39H46Cl2N4.4ClH/c1-25-19-26-21-27(20-25)37-36(22-26)45-35-24-29(41)14-16-32(35)39(37)43-18-10-6-4-2-3-5-9-17-42-38-30-11-7-8-12-33(30)44-34-23-28(40)13-15-31(34)38;;;;/h13-16,19,23-24,26-27H,2-12,17-18,20-22H2,1H3,(H,42,44)(H,43,45);4*1H. The molecule has 2 bridgehead atoms. The molecule has 0 amide bonds. The summed E-state index contributed by atoms with van der Waals surface area (Å²) >= 11 is 12.7. The van der Waals surface area contributed by atoms with Crippen LogP contribution in [0.25, 0.3) is 21.8 Å². The topological polar surface area (TPSA) is 49.8 Å². The second-order valence-corrected chi connectivity index (χ2v) is 14.6. The molecule has 0 radical (unpaired) electrons. The molecule has 4 nitrogen and oxygen atoms in total. The van der Waals surface area contributed by atoms with Gasteiger partial charge in [-0.2, -0.15) is 0 Å². The summed E-state index contributed by atoms with van der Waals surface area (Å²) in [6.45, 7) is 4.33. The Morgan fingerprint density at radius 2 is 1.22 bits per heavy atom. The number of hydrogen-bond acceptors (Lipinski definition) is 4. The van der Waals surface area contributed by atoms with Gasteiger partial charge in [-0.25, -0.2) is 0 Å². The molecule has 268 valence electrons. The van der Waals surface area contributed by atoms with E-state index in [0.717, 1.165) is 59.9 Å². The third kappa shape index (κ3) is 9.62. The fraction of sp³-hybridized carbons (Fsp3) is 0.487. The van der Waals surface area contributed by atoms with Crippen LogP contribution in [0.1, 0.15) is 106 Å². The normalized spacial score (nSPS) is 17.3. The quantitative estimate of drug-likeness (QED) is 0.111. The Labute approximate surface area is 327 Å². The van der Waals surface area contributed by atoms with Gasteiger partial charge in [-0.05, 0) is 119 Å². The van der Waals surface area contributed by atoms with Gasteiger partial charge in [-0.3, -0.25) is 9.97 Å². The number of anilines is 2. The number of benzene rings is 2. The van der Waals surface area contributed by atoms with Crippen LogP contribution >= 0.6 is 72.8 Å². The van der Waals surface area contributed by atoms with E-state index in [2.05, 4.69) is 35.8 Å². The van der Waals surface area contributed by atoms with Gasteiger partial charge in [0.2, 0.25) is 0 Å². The minimum Gasteiger partial charge on any atom is -0.384 e. The number of aromatic nitrogens is 2. The molecule has 2 heterocycles. The molecule has 0 fully saturated rings. The molecule has 10 heteroatoms. The predicted molar refractivity (Wildman–Crippen MR) is 221 cm³/mol. The number of allylic oxidation sites excluding steroid dienone is 2. The lowest BCUT2D eigenvalue weighted by Gasteiger charge is -2.36. The van der Waals surface area contributed by atoms with Crippen molar-refractivity contribution in [2.24, 2.45) is 5.92 Å². The van der Waals surface area contributed by atoms with Crippen LogP contribution in [0.5, 0.6) is 0 Å². The number of fused-ring (bicyclic) bond motifs is 7. The molecule has 0 saturated heterocycles. The van der Waals surface area contributed by atoms with E-state index >= 15 is 0 Å². The summed E-state index contributed by atoms with van der Waals surface area (Å²) in [7, 11) is 0. The molecular formula is C39H50Cl6N4. The Hall–Kier alpha value is -1.66. The van der Waals surface area contributed by atoms with Crippen molar-refractivity contribution in [2.45, 2.75) is 103 Å². The van der Waals surface area contributed by atoms with Crippen molar-refractivity contribution in [2.75, 3.05) is 23.7 Å². The first-order chi connectivity index (χ1) is 22.0. The number of nitrogens with one attached hydrogen (secondary N) is 2. The minimum atomic E-state index is 0. The third-order valence-electron chi connectivity index (χ3n) is 10.3. The first-order valence-corrected chi connectivity index (χ1v) is 18.2. The summed E-state index contributed by atoms with van der Waals surface area (Å²) in [5.74, 6) is 1.21. The van der Waals surface area contributed by atoms with Gasteiger partial charge in [0.25, 0.3) is 0 Å². The highest BCUT2D eigenvalue weighted by atomic mass is 35.5. The van der Waals surface area contributed by atoms with Gasteiger partial charge >= 0.3 is 0 Å². The Morgan fingerprint density at radius 1 is 0.673 bits per heavy atom. The molecule has 0 spiro atoms. The highest BCUT2D eigenvalue weighted by Crippen LogP contribution is 2.47. The lowest BCUT2D eigenvalue weighted by molar-refractivity contribution is 0.433. The average Bonchev–Trinajstić information content (AvgIpc) is 3.02. The largest absolute Gasteiger partial charge is 0.384 e. The molecule has 0 aliphatic heterocycles. The zero-order chi connectivity index (χ0) is 30.8. The molecule has 3 aliphatic carbocycles. The van der Waals surface area contributed by atoms with Crippen molar-refractivity contribution >= 4 is 106 Å². The second-order valence-electron chi connectivity index (χ2n) is 13.7. The highest BCUT2D eigenvalue weighted by Gasteiger charge is 2.33. The van der Waals surface area contributed by atoms with Gasteiger partial charge < -0.3 is 10.6 Å². The molecule has 49 heavy (non-hydrogen) atoms. The smallest absolute Gasteiger partial charge is 0.0741 e. The SMILES string of the molecule is CC1=CC2Cc3nc4cc(Cl)ccc4c(NCCCCCCCCCNc4c5c(nc6cc(Cl)ccc46)CCCC5)c3C(C1)C2.Cl.Cl.Cl.Cl. The van der Waals surface area contributed by atoms with Gasteiger partial charge in [0, 0.05) is 62.2 Å². The van der Waals surface area contributed by atoms with Gasteiger partial charge in [-0.15, -0.1) is 49.6 Å². The molecule has 2 N–H and O–H groups in total. The Kier molecular flexibility index (Phi) is 16.4. The zero-order valence-corrected chi connectivity index (χ0v) is 33.1. The second kappa shape index (κ2) is 19.3. The van der Waals surface area contributed by atoms with Crippen LogP contribution < -0.4 is 10.6 Å². The molecule has 7 rings (SSSR count). The number of hydrogen-bond donors (Lipinski definition) is 2. The van der Waals surface area contributed by atoms with Crippen molar-refractivity contribution in [3.63, 3.8) is 0 Å². The minimum absolute atomic E-state index is 0. The number of unbranched alkanes of at least 4 members (excludes halogenated alkanes) is 6. The molecule has 4 aromatic rings. The van der Waals surface area contributed by atoms with E-state index < -0.39 is 0 Å². The molecule has 2 aromatic heterocycles. The monoisotopic (exact) mass is 784 g/mol. The predicted octanol–water partition coefficient (Wildman–Crippen LogP) is 12.9. The van der Waals surface area contributed by atoms with Crippen molar-refractivity contribution in [3.05, 3.63) is 80.6 Å². The Bertz CT molecular complexity index is 1740. The van der Waals surface area contributed by atoms with Gasteiger partial charge in [0.1, 0.15) is 0 Å². The van der Waals surface area contributed by atoms with Crippen LogP contribution in [0.2, 0.25) is 10.0 Å². The Balaban J connectivity index is 0.00000163. The van der Waals surface area contributed by atoms with Crippen molar-refractivity contribution in [3.8, 4) is 0 Å². The summed E-state index contributed by atoms with van der Waals surface area (Å²) in [6.07, 6.45) is 19.5. The van der Waals surface area contributed by atoms with E-state index in [0.29, 0.717) is 11.8 Å². The first-order valence-electron chi connectivity index (χ1n) is 17.4. The Morgan fingerprint density at radius 3 is 1.88 bits per heavy atom. The maximum Gasteiger partial charge on any atom is 0.0741 e. The van der Waals surface area contributed by atoms with Crippen LogP contribution in [0.4, 0.5) is 11.4 Å². The van der Waals surface area contributed by atoms with Gasteiger partial charge in [-0.1, -0.05) is 67.0 Å². The number of rotatable bonds is 12. The summed E-state index contributed by atoms with van der Waals surface area (Å²) < 4.78 is 0. The lowest BCUT2D eigenvalue weighted by atomic mass is 9.71. The van der Waals surface area contributed by atoms with Crippen molar-refractivity contribution in [1.29, 1.82) is 0 Å². The molecule has 2 aromatic carbocycles. The molecular weight excluding hydrogens is 737 g/mol. The molecule has 2 atom stereocenters. The number of pyridine rings is 2. The number of halogens is 6. The van der Waals surface area contributed by atoms with Crippen LogP contribution in [0.15, 0.2) is 48.0 Å². The highest BCUT2D eigenvalue weighted by molar-refractivity contribution is 6.31. The number of nitrogens with zero attached hydrogens (tertiary/aromatic N) is 2. The third-order valence-corrected chi connectivity index (χ3v) is 10.8. The summed E-state index contributed by atoms with van der Waals surface area (Å²) in [5.41, 5.74) is 11.7. The van der Waals surface area contributed by atoms with E-state index in [4.69, 9.17) is 33.2 Å². The van der Waals surface area contributed by atoms with Crippen molar-refractivity contribution < 1.29 is 0 Å². The first kappa shape index (κ1) is 41.8. The fourth-order valence-corrected chi connectivity index (χ4v) is 8.57. The maximum atomic E-state index is 6.38. The van der Waals surface area contributed by atoms with Crippen LogP contribution in [0.3, 0.4) is 0 Å². The number of aryl methyl sites for hydroxylation is 1. The lowest BCUT2D eigenvalue weighted by Crippen LogP contribution is -2.24. The molecule has 2 unspecified atom stereocenters. The van der Waals surface area contributed by atoms with Gasteiger partial charge in [0.15, 0.2) is 0 Å². The molecule has 0 saturated carbocycles. The van der Waals surface area contributed by atoms with E-state index in [1.807, 2.05) is 24.3 Å². The van der Waals surface area contributed by atoms with Crippen LogP contribution in [-0.2, 0) is 19.3 Å². The summed E-state index contributed by atoms with van der Waals surface area (Å²) in [6, 6.07) is 12.4. The average molecular weight is 788 g/mol. The van der Waals surface area contributed by atoms with E-state index in [-0.39, 0.29) is 49.6 Å². The van der Waals surface area contributed by atoms with E-state index in [1.54, 1.807) is 0 Å². The summed E-state index contributed by atoms with van der Waals surface area (Å²) in [4.78, 5) is 10.1. The van der Waals surface area contributed by atoms with Crippen LogP contribution in [0, 0.1) is 5.92 Å². The molecule has 3 aliphatic rings. The van der Waals surface area contributed by atoms with E-state index in [1.165, 1.54) is 114 Å². The zero-order valence-electron chi connectivity index (χ0n) is 28.3. The van der Waals surface area contributed by atoms with Crippen molar-refractivity contribution in [1.82, 2.24) is 9.97 Å². The van der Waals surface area contributed by atoms with E-state index in [9.17, 15) is 0 Å². The maximum absolute atomic E-state index is 6.38. The summed E-state index contributed by atoms with van der Waals surface area (Å²) in [5, 5.41) is 11.7. The fourth-order valence-electron chi connectivity index (χ4n) is 8.24. The van der Waals surface area contributed by atoms with Gasteiger partial charge in [0.05, 0.1) is 11.0 Å². The van der Waals surface area contributed by atoms with Crippen LogP contribution in [-0.4, -0.2) is 23.1 Å².